The summed E-state index contributed by atoms with van der Waals surface area (Å²) >= 11 is 4.72. The number of hydrogen-bond donors (Lipinski definition) is 2. The van der Waals surface area contributed by atoms with Crippen molar-refractivity contribution in [2.75, 3.05) is 0 Å². The second-order valence-corrected chi connectivity index (χ2v) is 11.7. The minimum atomic E-state index is -0.352. The number of benzene rings is 4. The lowest BCUT2D eigenvalue weighted by atomic mass is 10.1. The predicted molar refractivity (Wildman–Crippen MR) is 142 cm³/mol. The smallest absolute Gasteiger partial charge is 0.258 e. The second kappa shape index (κ2) is 9.59. The summed E-state index contributed by atoms with van der Waals surface area (Å²) in [6, 6.07) is 26.9. The maximum Gasteiger partial charge on any atom is 0.258 e. The molecule has 0 fully saturated rings. The molecule has 0 bridgehead atoms. The monoisotopic (exact) mass is 540 g/mol. The van der Waals surface area contributed by atoms with Crippen LogP contribution in [0.4, 0.5) is 0 Å². The van der Waals surface area contributed by atoms with Gasteiger partial charge in [-0.2, -0.15) is 0 Å². The Hall–Kier alpha value is -3.79. The number of amides is 4. The summed E-state index contributed by atoms with van der Waals surface area (Å²) in [4.78, 5) is 53.3. The van der Waals surface area contributed by atoms with Crippen molar-refractivity contribution >= 4 is 58.9 Å². The third-order valence-electron chi connectivity index (χ3n) is 5.77. The largest absolute Gasteiger partial charge is 0.288 e. The topological polar surface area (TPSA) is 92.3 Å². The molecule has 0 radical (unpaired) electrons. The molecule has 0 aromatic heterocycles. The average Bonchev–Trinajstić information content (AvgIpc) is 3.34. The van der Waals surface area contributed by atoms with Crippen molar-refractivity contribution in [1.82, 2.24) is 10.6 Å². The van der Waals surface area contributed by atoms with E-state index in [0.29, 0.717) is 22.3 Å². The van der Waals surface area contributed by atoms with E-state index in [1.807, 2.05) is 36.4 Å². The zero-order valence-electron chi connectivity index (χ0n) is 18.9. The van der Waals surface area contributed by atoms with E-state index < -0.39 is 0 Å². The van der Waals surface area contributed by atoms with Crippen LogP contribution in [-0.4, -0.2) is 23.6 Å². The van der Waals surface area contributed by atoms with Gasteiger partial charge < -0.3 is 0 Å². The van der Waals surface area contributed by atoms with Gasteiger partial charge in [0.05, 0.1) is 22.3 Å². The molecule has 6 nitrogen and oxygen atoms in total. The summed E-state index contributed by atoms with van der Waals surface area (Å²) in [7, 11) is 0. The molecule has 4 aromatic carbocycles. The van der Waals surface area contributed by atoms with E-state index in [4.69, 9.17) is 0 Å². The zero-order valence-corrected chi connectivity index (χ0v) is 21.4. The fourth-order valence-electron chi connectivity index (χ4n) is 3.98. The van der Waals surface area contributed by atoms with Gasteiger partial charge in [-0.15, -0.1) is 0 Å². The second-order valence-electron chi connectivity index (χ2n) is 8.23. The molecule has 0 saturated carbocycles. The molecule has 4 aromatic rings. The molecule has 0 spiro atoms. The van der Waals surface area contributed by atoms with Crippen LogP contribution in [0.2, 0.25) is 0 Å². The molecular weight excluding hydrogens is 525 g/mol. The predicted octanol–water partition coefficient (Wildman–Crippen LogP) is 5.91. The first-order valence-corrected chi connectivity index (χ1v) is 13.6. The van der Waals surface area contributed by atoms with Crippen LogP contribution >= 0.6 is 35.3 Å². The molecule has 2 N–H and O–H groups in total. The Bertz CT molecular complexity index is 1490. The Kier molecular flexibility index (Phi) is 6.11. The van der Waals surface area contributed by atoms with Gasteiger partial charge in [-0.05, 0) is 84.9 Å². The Labute approximate surface area is 224 Å². The van der Waals surface area contributed by atoms with E-state index in [1.165, 1.54) is 23.5 Å². The maximum absolute atomic E-state index is 11.9. The summed E-state index contributed by atoms with van der Waals surface area (Å²) < 4.78 is 0. The van der Waals surface area contributed by atoms with Gasteiger partial charge in [0.25, 0.3) is 23.6 Å². The molecule has 37 heavy (non-hydrogen) atoms. The summed E-state index contributed by atoms with van der Waals surface area (Å²) in [5.74, 6) is -1.40. The number of hydrogen-bond acceptors (Lipinski definition) is 7. The minimum absolute atomic E-state index is 0.348. The third-order valence-corrected chi connectivity index (χ3v) is 8.78. The molecule has 9 heteroatoms. The fourth-order valence-corrected chi connectivity index (χ4v) is 6.51. The van der Waals surface area contributed by atoms with Gasteiger partial charge in [0.2, 0.25) is 0 Å². The molecule has 0 saturated heterocycles. The Morgan fingerprint density at radius 1 is 0.351 bits per heavy atom. The number of carbonyl (C=O) groups is 4. The van der Waals surface area contributed by atoms with Crippen LogP contribution in [0.5, 0.6) is 0 Å². The minimum Gasteiger partial charge on any atom is -0.288 e. The van der Waals surface area contributed by atoms with Crippen molar-refractivity contribution in [1.29, 1.82) is 0 Å². The van der Waals surface area contributed by atoms with Crippen molar-refractivity contribution in [3.05, 3.63) is 107 Å². The van der Waals surface area contributed by atoms with Gasteiger partial charge in [-0.25, -0.2) is 0 Å². The lowest BCUT2D eigenvalue weighted by Gasteiger charge is -2.07. The van der Waals surface area contributed by atoms with Crippen molar-refractivity contribution < 1.29 is 19.2 Å². The highest BCUT2D eigenvalue weighted by Gasteiger charge is 2.27. The van der Waals surface area contributed by atoms with Crippen LogP contribution in [0.15, 0.2) is 114 Å². The first-order chi connectivity index (χ1) is 17.9. The highest BCUT2D eigenvalue weighted by Crippen LogP contribution is 2.35. The highest BCUT2D eigenvalue weighted by molar-refractivity contribution is 8.00. The molecule has 2 heterocycles. The molecular formula is C28H16N2O4S3. The van der Waals surface area contributed by atoms with Crippen molar-refractivity contribution in [3.8, 4) is 0 Å². The van der Waals surface area contributed by atoms with E-state index in [-0.39, 0.29) is 23.6 Å². The lowest BCUT2D eigenvalue weighted by Crippen LogP contribution is -2.19. The lowest BCUT2D eigenvalue weighted by molar-refractivity contribution is 0.0863. The van der Waals surface area contributed by atoms with E-state index in [9.17, 15) is 19.2 Å². The molecule has 2 aliphatic heterocycles. The SMILES string of the molecule is O=C1NC(=O)c2cc(Sc3ccc(Sc4ccc(Sc5ccc6c(c5)C(=O)NC6=O)cc4)cc3)ccc21. The van der Waals surface area contributed by atoms with Crippen molar-refractivity contribution in [2.24, 2.45) is 0 Å². The van der Waals surface area contributed by atoms with Crippen LogP contribution in [0.25, 0.3) is 0 Å². The third kappa shape index (κ3) is 4.81. The maximum atomic E-state index is 11.9. The summed E-state index contributed by atoms with van der Waals surface area (Å²) in [5, 5.41) is 4.63. The van der Waals surface area contributed by atoms with Gasteiger partial charge >= 0.3 is 0 Å². The first kappa shape index (κ1) is 23.6. The van der Waals surface area contributed by atoms with E-state index in [2.05, 4.69) is 34.9 Å². The first-order valence-electron chi connectivity index (χ1n) is 11.2. The van der Waals surface area contributed by atoms with Crippen LogP contribution in [0.1, 0.15) is 41.4 Å². The van der Waals surface area contributed by atoms with Crippen LogP contribution in [-0.2, 0) is 0 Å². The average molecular weight is 541 g/mol. The Morgan fingerprint density at radius 2 is 0.622 bits per heavy atom. The number of imide groups is 2. The van der Waals surface area contributed by atoms with Crippen molar-refractivity contribution in [3.63, 3.8) is 0 Å². The number of nitrogens with one attached hydrogen (secondary N) is 2. The van der Waals surface area contributed by atoms with E-state index in [0.717, 1.165) is 29.4 Å². The summed E-state index contributed by atoms with van der Waals surface area (Å²) in [5.41, 5.74) is 1.67. The Balaban J connectivity index is 1.09. The normalized spacial score (nSPS) is 13.8. The number of rotatable bonds is 6. The number of carbonyl (C=O) groups excluding carboxylic acids is 4. The molecule has 6 rings (SSSR count). The van der Waals surface area contributed by atoms with Gasteiger partial charge in [0.15, 0.2) is 0 Å². The Morgan fingerprint density at radius 3 is 0.973 bits per heavy atom. The molecule has 4 amide bonds. The molecule has 2 aliphatic rings. The molecule has 0 unspecified atom stereocenters. The standard InChI is InChI=1S/C28H16N2O4S3/c31-25-21-11-9-19(13-23(21)27(33)29-25)36-17-5-1-15(2-6-17)35-16-3-7-18(8-4-16)37-20-10-12-22-24(14-20)28(34)30-26(22)32/h1-14H,(H,29,31,33)(H,30,32,34). The van der Waals surface area contributed by atoms with Gasteiger partial charge in [-0.1, -0.05) is 35.3 Å². The number of fused-ring (bicyclic) bond motifs is 2. The van der Waals surface area contributed by atoms with Crippen LogP contribution in [0, 0.1) is 0 Å². The summed E-state index contributed by atoms with van der Waals surface area (Å²) in [6.45, 7) is 0. The van der Waals surface area contributed by atoms with Crippen LogP contribution in [0.3, 0.4) is 0 Å². The molecule has 180 valence electrons. The van der Waals surface area contributed by atoms with Gasteiger partial charge in [-0.3, -0.25) is 29.8 Å². The van der Waals surface area contributed by atoms with Gasteiger partial charge in [0, 0.05) is 29.4 Å². The highest BCUT2D eigenvalue weighted by atomic mass is 32.2. The fraction of sp³-hybridized carbons (Fsp3) is 0. The van der Waals surface area contributed by atoms with Crippen molar-refractivity contribution in [2.45, 2.75) is 29.4 Å². The van der Waals surface area contributed by atoms with Crippen LogP contribution < -0.4 is 10.6 Å². The van der Waals surface area contributed by atoms with E-state index >= 15 is 0 Å². The van der Waals surface area contributed by atoms with Gasteiger partial charge in [0.1, 0.15) is 0 Å². The quantitative estimate of drug-likeness (QED) is 0.294. The zero-order chi connectivity index (χ0) is 25.5. The molecule has 0 atom stereocenters. The molecule has 0 aliphatic carbocycles. The summed E-state index contributed by atoms with van der Waals surface area (Å²) in [6.07, 6.45) is 0. The van der Waals surface area contributed by atoms with E-state index in [1.54, 1.807) is 36.0 Å².